The van der Waals surface area contributed by atoms with E-state index >= 15 is 0 Å². The second-order valence-corrected chi connectivity index (χ2v) is 8.88. The molecule has 29 heavy (non-hydrogen) atoms. The van der Waals surface area contributed by atoms with Crippen molar-refractivity contribution in [2.75, 3.05) is 6.54 Å². The number of nitrogens with zero attached hydrogens (tertiary/aromatic N) is 2. The van der Waals surface area contributed by atoms with Crippen LogP contribution in [0.4, 0.5) is 0 Å². The molecule has 1 aromatic carbocycles. The molecule has 0 saturated carbocycles. The van der Waals surface area contributed by atoms with E-state index in [1.165, 1.54) is 11.5 Å². The van der Waals surface area contributed by atoms with Crippen LogP contribution in [0.25, 0.3) is 10.1 Å². The molecule has 0 saturated heterocycles. The summed E-state index contributed by atoms with van der Waals surface area (Å²) in [7, 11) is 0. The number of pyridine rings is 1. The molecule has 3 aromatic rings. The number of rotatable bonds is 4. The van der Waals surface area contributed by atoms with Gasteiger partial charge in [-0.1, -0.05) is 23.2 Å². The van der Waals surface area contributed by atoms with E-state index in [-0.39, 0.29) is 29.1 Å². The van der Waals surface area contributed by atoms with Crippen molar-refractivity contribution < 1.29 is 9.53 Å². The average molecular weight is 452 g/mol. The molecule has 152 valence electrons. The summed E-state index contributed by atoms with van der Waals surface area (Å²) in [6.45, 7) is 6.21. The van der Waals surface area contributed by atoms with Crippen molar-refractivity contribution in [1.82, 2.24) is 14.3 Å². The number of halogens is 2. The molecule has 4 rings (SSSR count). The van der Waals surface area contributed by atoms with Crippen LogP contribution in [0.15, 0.2) is 17.1 Å². The molecule has 1 aliphatic rings. The average Bonchev–Trinajstić information content (AvgIpc) is 3.14. The predicted molar refractivity (Wildman–Crippen MR) is 116 cm³/mol. The summed E-state index contributed by atoms with van der Waals surface area (Å²) in [6, 6.07) is 1.66. The number of hydrogen-bond donors (Lipinski definition) is 1. The number of carbonyl (C=O) groups excluding carboxylic acids is 1. The number of fused-ring (bicyclic) bond motifs is 2. The Kier molecular flexibility index (Phi) is 5.31. The first-order chi connectivity index (χ1) is 13.8. The van der Waals surface area contributed by atoms with Gasteiger partial charge in [-0.15, -0.1) is 0 Å². The summed E-state index contributed by atoms with van der Waals surface area (Å²) >= 11 is 14.3. The zero-order valence-corrected chi connectivity index (χ0v) is 18.5. The highest BCUT2D eigenvalue weighted by Gasteiger charge is 2.31. The summed E-state index contributed by atoms with van der Waals surface area (Å²) in [5.41, 5.74) is 2.15. The van der Waals surface area contributed by atoms with Crippen LogP contribution in [-0.2, 0) is 13.0 Å². The molecule has 0 unspecified atom stereocenters. The first-order valence-corrected chi connectivity index (χ1v) is 10.7. The molecular formula is C20H19Cl2N3O3S. The molecule has 0 bridgehead atoms. The first kappa shape index (κ1) is 20.2. The van der Waals surface area contributed by atoms with Gasteiger partial charge in [0, 0.05) is 40.5 Å². The minimum atomic E-state index is -0.260. The fourth-order valence-corrected chi connectivity index (χ4v) is 4.91. The van der Waals surface area contributed by atoms with E-state index in [9.17, 15) is 9.59 Å². The number of aromatic amines is 1. The van der Waals surface area contributed by atoms with Crippen LogP contribution in [0, 0.1) is 6.92 Å². The number of hydrogen-bond acceptors (Lipinski definition) is 5. The lowest BCUT2D eigenvalue weighted by Gasteiger charge is -2.30. The monoisotopic (exact) mass is 451 g/mol. The van der Waals surface area contributed by atoms with Gasteiger partial charge in [-0.25, -0.2) is 0 Å². The molecule has 0 radical (unpaired) electrons. The summed E-state index contributed by atoms with van der Waals surface area (Å²) in [5, 5.41) is 1.49. The Labute approximate surface area is 181 Å². The number of amides is 1. The standard InChI is InChI=1S/C20H19Cl2N3O3S/c1-9(2)28-15-6-14(21)11-4-5-25(20(27)16(11)17(15)22)8-13-12-7-23-29-18(12)10(3)24-19(13)26/h6-7,9H,4-5,8H2,1-3H3,(H,24,26). The highest BCUT2D eigenvalue weighted by molar-refractivity contribution is 7.13. The maximum atomic E-state index is 13.3. The lowest BCUT2D eigenvalue weighted by molar-refractivity contribution is 0.0726. The Hall–Kier alpha value is -2.09. The zero-order valence-electron chi connectivity index (χ0n) is 16.1. The largest absolute Gasteiger partial charge is 0.489 e. The maximum absolute atomic E-state index is 13.3. The molecule has 6 nitrogen and oxygen atoms in total. The molecule has 2 aromatic heterocycles. The van der Waals surface area contributed by atoms with Crippen molar-refractivity contribution in [3.05, 3.63) is 55.0 Å². The van der Waals surface area contributed by atoms with Gasteiger partial charge < -0.3 is 14.6 Å². The molecule has 1 aliphatic heterocycles. The van der Waals surface area contributed by atoms with Gasteiger partial charge in [-0.2, -0.15) is 4.37 Å². The van der Waals surface area contributed by atoms with Crippen molar-refractivity contribution in [1.29, 1.82) is 0 Å². The van der Waals surface area contributed by atoms with Gasteiger partial charge >= 0.3 is 0 Å². The first-order valence-electron chi connectivity index (χ1n) is 9.20. The Morgan fingerprint density at radius 2 is 2.10 bits per heavy atom. The molecule has 0 aliphatic carbocycles. The van der Waals surface area contributed by atoms with Crippen LogP contribution in [0.2, 0.25) is 10.0 Å². The molecule has 3 heterocycles. The van der Waals surface area contributed by atoms with E-state index in [1.54, 1.807) is 17.2 Å². The van der Waals surface area contributed by atoms with Crippen LogP contribution in [-0.4, -0.2) is 32.8 Å². The Morgan fingerprint density at radius 3 is 2.83 bits per heavy atom. The molecule has 0 fully saturated rings. The Balaban J connectivity index is 1.74. The molecule has 1 N–H and O–H groups in total. The fraction of sp³-hybridized carbons (Fsp3) is 0.350. The quantitative estimate of drug-likeness (QED) is 0.629. The normalized spacial score (nSPS) is 14.0. The second kappa shape index (κ2) is 7.63. The van der Waals surface area contributed by atoms with Gasteiger partial charge in [-0.3, -0.25) is 9.59 Å². The summed E-state index contributed by atoms with van der Waals surface area (Å²) < 4.78 is 10.8. The highest BCUT2D eigenvalue weighted by Crippen LogP contribution is 2.39. The van der Waals surface area contributed by atoms with Crippen LogP contribution < -0.4 is 10.3 Å². The van der Waals surface area contributed by atoms with E-state index in [4.69, 9.17) is 27.9 Å². The van der Waals surface area contributed by atoms with Crippen molar-refractivity contribution in [3.8, 4) is 5.75 Å². The summed E-state index contributed by atoms with van der Waals surface area (Å²) in [4.78, 5) is 30.4. The van der Waals surface area contributed by atoms with Crippen molar-refractivity contribution in [2.45, 2.75) is 39.8 Å². The number of aryl methyl sites for hydroxylation is 1. The molecular weight excluding hydrogens is 433 g/mol. The summed E-state index contributed by atoms with van der Waals surface area (Å²) in [6.07, 6.45) is 2.12. The molecule has 0 atom stereocenters. The van der Waals surface area contributed by atoms with Gasteiger partial charge in [0.05, 0.1) is 27.9 Å². The van der Waals surface area contributed by atoms with Crippen LogP contribution >= 0.6 is 34.7 Å². The maximum Gasteiger partial charge on any atom is 0.256 e. The van der Waals surface area contributed by atoms with Crippen LogP contribution in [0.5, 0.6) is 5.75 Å². The minimum absolute atomic E-state index is 0.109. The van der Waals surface area contributed by atoms with Crippen molar-refractivity contribution in [2.24, 2.45) is 0 Å². The van der Waals surface area contributed by atoms with E-state index in [1.807, 2.05) is 20.8 Å². The van der Waals surface area contributed by atoms with Gasteiger partial charge in [0.15, 0.2) is 0 Å². The van der Waals surface area contributed by atoms with E-state index in [0.717, 1.165) is 15.8 Å². The Bertz CT molecular complexity index is 1190. The molecule has 9 heteroatoms. The van der Waals surface area contributed by atoms with Crippen molar-refractivity contribution in [3.63, 3.8) is 0 Å². The number of aromatic nitrogens is 2. The lowest BCUT2D eigenvalue weighted by Crippen LogP contribution is -2.39. The van der Waals surface area contributed by atoms with E-state index in [2.05, 4.69) is 9.36 Å². The predicted octanol–water partition coefficient (Wildman–Crippen LogP) is 4.59. The third-order valence-electron chi connectivity index (χ3n) is 4.94. The Morgan fingerprint density at radius 1 is 1.34 bits per heavy atom. The molecule has 1 amide bonds. The number of ether oxygens (including phenoxy) is 1. The summed E-state index contributed by atoms with van der Waals surface area (Å²) in [5.74, 6) is 0.127. The second-order valence-electron chi connectivity index (χ2n) is 7.29. The lowest BCUT2D eigenvalue weighted by atomic mass is 9.97. The molecule has 0 spiro atoms. The van der Waals surface area contributed by atoms with E-state index < -0.39 is 0 Å². The number of H-pyrrole nitrogens is 1. The topological polar surface area (TPSA) is 75.3 Å². The highest BCUT2D eigenvalue weighted by atomic mass is 35.5. The van der Waals surface area contributed by atoms with Crippen molar-refractivity contribution >= 4 is 50.7 Å². The fourth-order valence-electron chi connectivity index (χ4n) is 3.60. The van der Waals surface area contributed by atoms with Crippen LogP contribution in [0.1, 0.15) is 41.0 Å². The third kappa shape index (κ3) is 3.52. The van der Waals surface area contributed by atoms with Gasteiger partial charge in [0.25, 0.3) is 11.5 Å². The number of benzene rings is 1. The minimum Gasteiger partial charge on any atom is -0.489 e. The number of carbonyl (C=O) groups is 1. The third-order valence-corrected chi connectivity index (χ3v) is 6.57. The van der Waals surface area contributed by atoms with Gasteiger partial charge in [0.2, 0.25) is 0 Å². The van der Waals surface area contributed by atoms with E-state index in [0.29, 0.717) is 40.4 Å². The van der Waals surface area contributed by atoms with Crippen LogP contribution in [0.3, 0.4) is 0 Å². The SMILES string of the molecule is Cc1[nH]c(=O)c(CN2CCc3c(Cl)cc(OC(C)C)c(Cl)c3C2=O)c2cnsc12. The number of nitrogens with one attached hydrogen (secondary N) is 1. The van der Waals surface area contributed by atoms with Gasteiger partial charge in [0.1, 0.15) is 5.75 Å². The van der Waals surface area contributed by atoms with Gasteiger partial charge in [-0.05, 0) is 44.3 Å². The smallest absolute Gasteiger partial charge is 0.256 e. The zero-order chi connectivity index (χ0) is 20.9.